The zero-order valence-electron chi connectivity index (χ0n) is 17.5. The van der Waals surface area contributed by atoms with Crippen LogP contribution in [-0.4, -0.2) is 11.8 Å². The summed E-state index contributed by atoms with van der Waals surface area (Å²) in [5.41, 5.74) is 1.47. The standard InChI is InChI=1S/C25H20Cl2F2N2O2/c1-13-8-9-19(28)23(29)21(13)24-22(25(33)30-17-7-3-6-16(27)11-17)18(12-20(32)31-24)14-4-2-5-15(26)10-14/h2-11,18,22,24H,12H2,1H3,(H,30,33)(H,31,32)/t18-,22-,24+/m0/s1. The van der Waals surface area contributed by atoms with E-state index in [0.29, 0.717) is 26.9 Å². The first-order valence-corrected chi connectivity index (χ1v) is 11.1. The quantitative estimate of drug-likeness (QED) is 0.460. The Labute approximate surface area is 199 Å². The van der Waals surface area contributed by atoms with Gasteiger partial charge in [-0.05, 0) is 54.4 Å². The van der Waals surface area contributed by atoms with E-state index >= 15 is 0 Å². The van der Waals surface area contributed by atoms with Crippen LogP contribution in [0.15, 0.2) is 60.7 Å². The number of benzene rings is 3. The largest absolute Gasteiger partial charge is 0.348 e. The van der Waals surface area contributed by atoms with Gasteiger partial charge in [0.25, 0.3) is 0 Å². The monoisotopic (exact) mass is 488 g/mol. The fourth-order valence-corrected chi connectivity index (χ4v) is 4.75. The topological polar surface area (TPSA) is 58.2 Å². The van der Waals surface area contributed by atoms with E-state index in [2.05, 4.69) is 10.6 Å². The number of aryl methyl sites for hydroxylation is 1. The highest BCUT2D eigenvalue weighted by atomic mass is 35.5. The molecular weight excluding hydrogens is 469 g/mol. The fraction of sp³-hybridized carbons (Fsp3) is 0.200. The molecular formula is C25H20Cl2F2N2O2. The van der Waals surface area contributed by atoms with Crippen molar-refractivity contribution in [2.24, 2.45) is 5.92 Å². The summed E-state index contributed by atoms with van der Waals surface area (Å²) in [5, 5.41) is 6.40. The predicted molar refractivity (Wildman–Crippen MR) is 124 cm³/mol. The molecule has 0 bridgehead atoms. The molecule has 4 nitrogen and oxygen atoms in total. The molecule has 0 saturated carbocycles. The molecule has 1 fully saturated rings. The molecule has 1 aliphatic heterocycles. The normalized spacial score (nSPS) is 20.3. The molecule has 2 amide bonds. The van der Waals surface area contributed by atoms with Crippen molar-refractivity contribution in [3.05, 3.63) is 99.0 Å². The average Bonchev–Trinajstić information content (AvgIpc) is 2.76. The van der Waals surface area contributed by atoms with Gasteiger partial charge in [0.15, 0.2) is 11.6 Å². The molecule has 0 aliphatic carbocycles. The van der Waals surface area contributed by atoms with Crippen molar-refractivity contribution >= 4 is 40.7 Å². The molecule has 0 unspecified atom stereocenters. The van der Waals surface area contributed by atoms with Gasteiger partial charge in [-0.25, -0.2) is 8.78 Å². The van der Waals surface area contributed by atoms with Gasteiger partial charge in [0.05, 0.1) is 12.0 Å². The zero-order chi connectivity index (χ0) is 23.7. The lowest BCUT2D eigenvalue weighted by Crippen LogP contribution is -2.48. The minimum absolute atomic E-state index is 0.0134. The molecule has 0 spiro atoms. The van der Waals surface area contributed by atoms with E-state index in [4.69, 9.17) is 23.2 Å². The maximum absolute atomic E-state index is 15.0. The number of rotatable bonds is 4. The zero-order valence-corrected chi connectivity index (χ0v) is 19.1. The first-order chi connectivity index (χ1) is 15.7. The maximum atomic E-state index is 15.0. The number of hydrogen-bond acceptors (Lipinski definition) is 2. The van der Waals surface area contributed by atoms with E-state index in [1.807, 2.05) is 0 Å². The van der Waals surface area contributed by atoms with E-state index in [1.165, 1.54) is 6.07 Å². The summed E-state index contributed by atoms with van der Waals surface area (Å²) in [6, 6.07) is 14.8. The van der Waals surface area contributed by atoms with Gasteiger partial charge < -0.3 is 10.6 Å². The Kier molecular flexibility index (Phi) is 6.68. The first kappa shape index (κ1) is 23.2. The summed E-state index contributed by atoms with van der Waals surface area (Å²) in [7, 11) is 0. The lowest BCUT2D eigenvalue weighted by molar-refractivity contribution is -0.129. The van der Waals surface area contributed by atoms with Gasteiger partial charge in [-0.15, -0.1) is 0 Å². The van der Waals surface area contributed by atoms with Crippen molar-refractivity contribution in [3.8, 4) is 0 Å². The summed E-state index contributed by atoms with van der Waals surface area (Å²) in [4.78, 5) is 26.3. The minimum atomic E-state index is -1.09. The lowest BCUT2D eigenvalue weighted by Gasteiger charge is -2.38. The Morgan fingerprint density at radius 3 is 2.42 bits per heavy atom. The van der Waals surface area contributed by atoms with Crippen LogP contribution in [0.25, 0.3) is 0 Å². The Balaban J connectivity index is 1.83. The van der Waals surface area contributed by atoms with Gasteiger partial charge in [-0.3, -0.25) is 9.59 Å². The highest BCUT2D eigenvalue weighted by Gasteiger charge is 2.44. The molecule has 1 saturated heterocycles. The molecule has 3 atom stereocenters. The first-order valence-electron chi connectivity index (χ1n) is 10.3. The number of nitrogens with one attached hydrogen (secondary N) is 2. The summed E-state index contributed by atoms with van der Waals surface area (Å²) < 4.78 is 29.2. The lowest BCUT2D eigenvalue weighted by atomic mass is 9.73. The van der Waals surface area contributed by atoms with E-state index in [0.717, 1.165) is 6.07 Å². The number of anilines is 1. The van der Waals surface area contributed by atoms with Crippen LogP contribution in [0.1, 0.15) is 35.1 Å². The van der Waals surface area contributed by atoms with Crippen molar-refractivity contribution < 1.29 is 18.4 Å². The van der Waals surface area contributed by atoms with Gasteiger partial charge in [0, 0.05) is 33.6 Å². The van der Waals surface area contributed by atoms with Crippen LogP contribution in [0.4, 0.5) is 14.5 Å². The molecule has 1 heterocycles. The third-order valence-corrected chi connectivity index (χ3v) is 6.32. The van der Waals surface area contributed by atoms with Crippen LogP contribution in [0.3, 0.4) is 0 Å². The second-order valence-corrected chi connectivity index (χ2v) is 8.90. The highest BCUT2D eigenvalue weighted by Crippen LogP contribution is 2.43. The van der Waals surface area contributed by atoms with Crippen molar-refractivity contribution in [1.82, 2.24) is 5.32 Å². The van der Waals surface area contributed by atoms with Gasteiger partial charge in [0.2, 0.25) is 11.8 Å². The summed E-state index contributed by atoms with van der Waals surface area (Å²) in [6.07, 6.45) is -0.0134. The van der Waals surface area contributed by atoms with Gasteiger partial charge >= 0.3 is 0 Å². The third kappa shape index (κ3) is 4.87. The molecule has 3 aromatic rings. The second kappa shape index (κ2) is 9.49. The molecule has 1 aliphatic rings. The Morgan fingerprint density at radius 1 is 1.03 bits per heavy atom. The number of hydrogen-bond donors (Lipinski definition) is 2. The second-order valence-electron chi connectivity index (χ2n) is 8.03. The molecule has 0 radical (unpaired) electrons. The Morgan fingerprint density at radius 2 is 1.73 bits per heavy atom. The van der Waals surface area contributed by atoms with E-state index < -0.39 is 35.4 Å². The molecule has 170 valence electrons. The Bertz CT molecular complexity index is 1230. The number of piperidine rings is 1. The van der Waals surface area contributed by atoms with Crippen LogP contribution in [0.2, 0.25) is 10.0 Å². The molecule has 2 N–H and O–H groups in total. The third-order valence-electron chi connectivity index (χ3n) is 5.85. The van der Waals surface area contributed by atoms with Crippen molar-refractivity contribution in [2.45, 2.75) is 25.3 Å². The maximum Gasteiger partial charge on any atom is 0.230 e. The van der Waals surface area contributed by atoms with Crippen LogP contribution >= 0.6 is 23.2 Å². The minimum Gasteiger partial charge on any atom is -0.348 e. The van der Waals surface area contributed by atoms with Crippen molar-refractivity contribution in [3.63, 3.8) is 0 Å². The number of carbonyl (C=O) groups excluding carboxylic acids is 2. The van der Waals surface area contributed by atoms with Gasteiger partial charge in [-0.1, -0.05) is 47.5 Å². The average molecular weight is 489 g/mol. The number of carbonyl (C=O) groups is 2. The number of halogens is 4. The van der Waals surface area contributed by atoms with E-state index in [1.54, 1.807) is 55.5 Å². The molecule has 8 heteroatoms. The van der Waals surface area contributed by atoms with E-state index in [-0.39, 0.29) is 17.9 Å². The van der Waals surface area contributed by atoms with E-state index in [9.17, 15) is 18.4 Å². The predicted octanol–water partition coefficient (Wildman–Crippen LogP) is 6.18. The smallest absolute Gasteiger partial charge is 0.230 e. The van der Waals surface area contributed by atoms with Crippen LogP contribution < -0.4 is 10.6 Å². The van der Waals surface area contributed by atoms with Gasteiger partial charge in [0.1, 0.15) is 0 Å². The molecule has 3 aromatic carbocycles. The molecule has 33 heavy (non-hydrogen) atoms. The summed E-state index contributed by atoms with van der Waals surface area (Å²) in [6.45, 7) is 1.61. The van der Waals surface area contributed by atoms with Crippen LogP contribution in [-0.2, 0) is 9.59 Å². The SMILES string of the molecule is Cc1ccc(F)c(F)c1[C@H]1NC(=O)C[C@@H](c2cccc(Cl)c2)[C@@H]1C(=O)Nc1cccc(Cl)c1. The van der Waals surface area contributed by atoms with Crippen molar-refractivity contribution in [1.29, 1.82) is 0 Å². The summed E-state index contributed by atoms with van der Waals surface area (Å²) in [5.74, 6) is -4.55. The van der Waals surface area contributed by atoms with Gasteiger partial charge in [-0.2, -0.15) is 0 Å². The molecule has 4 rings (SSSR count). The fourth-order valence-electron chi connectivity index (χ4n) is 4.37. The van der Waals surface area contributed by atoms with Crippen LogP contribution in [0, 0.1) is 24.5 Å². The van der Waals surface area contributed by atoms with Crippen LogP contribution in [0.5, 0.6) is 0 Å². The Hall–Kier alpha value is -2.96. The highest BCUT2D eigenvalue weighted by molar-refractivity contribution is 6.31. The number of amides is 2. The van der Waals surface area contributed by atoms with Crippen molar-refractivity contribution in [2.75, 3.05) is 5.32 Å². The summed E-state index contributed by atoms with van der Waals surface area (Å²) >= 11 is 12.2. The molecule has 0 aromatic heterocycles.